The zero-order valence-electron chi connectivity index (χ0n) is 63.1. The molecule has 2 rings (SSSR count). The minimum Gasteiger partial charge on any atom is -0.481 e. The number of aliphatic hydroxyl groups is 1. The van der Waals surface area contributed by atoms with Gasteiger partial charge in [0.25, 0.3) is 0 Å². The quantitative estimate of drug-likeness (QED) is 0.0153. The largest absolute Gasteiger partial charge is 0.481 e. The van der Waals surface area contributed by atoms with Crippen molar-refractivity contribution in [2.24, 2.45) is 72.5 Å². The number of carboxylic acid groups (broad SMARTS) is 2. The molecule has 2 fully saturated rings. The van der Waals surface area contributed by atoms with Crippen molar-refractivity contribution >= 4 is 124 Å². The summed E-state index contributed by atoms with van der Waals surface area (Å²) in [6.45, 7) is 5.93. The number of rotatable bonds is 51. The summed E-state index contributed by atoms with van der Waals surface area (Å²) in [7, 11) is 0. The van der Waals surface area contributed by atoms with Gasteiger partial charge in [-0.05, 0) is 135 Å². The van der Waals surface area contributed by atoms with E-state index in [4.69, 9.17) is 51.6 Å². The summed E-state index contributed by atoms with van der Waals surface area (Å²) in [5.41, 5.74) is 50.3. The molecular formula is C65H115N25O19S. The van der Waals surface area contributed by atoms with Gasteiger partial charge in [0.15, 0.2) is 17.9 Å². The van der Waals surface area contributed by atoms with Crippen molar-refractivity contribution in [3.8, 4) is 0 Å². The topological polar surface area (TPSA) is 744 Å². The minimum atomic E-state index is -1.87. The summed E-state index contributed by atoms with van der Waals surface area (Å²) in [6, 6.07) is -19.0. The number of nitrogens with one attached hydrogen (secondary N) is 11. The number of aliphatic hydroxyl groups excluding tert-OH is 1. The molecule has 0 aromatic rings. The van der Waals surface area contributed by atoms with E-state index in [2.05, 4.69) is 73.5 Å². The van der Waals surface area contributed by atoms with Crippen LogP contribution in [0.15, 0.2) is 15.0 Å². The van der Waals surface area contributed by atoms with Gasteiger partial charge >= 0.3 is 11.9 Å². The van der Waals surface area contributed by atoms with Crippen LogP contribution in [0.2, 0.25) is 0 Å². The number of thioether (sulfide) groups is 1. The smallest absolute Gasteiger partial charge is 0.325 e. The number of nitrogens with zero attached hydrogens (tertiary/aromatic N) is 5. The fourth-order valence-corrected chi connectivity index (χ4v) is 12.0. The highest BCUT2D eigenvalue weighted by atomic mass is 32.2. The Morgan fingerprint density at radius 2 is 0.945 bits per heavy atom. The normalized spacial score (nSPS) is 17.3. The van der Waals surface area contributed by atoms with E-state index in [9.17, 15) is 92.0 Å². The number of aliphatic imine (C=N–C) groups is 3. The predicted molar refractivity (Wildman–Crippen MR) is 402 cm³/mol. The molecule has 0 aromatic carbocycles. The van der Waals surface area contributed by atoms with Crippen molar-refractivity contribution in [1.82, 2.24) is 68.3 Å². The summed E-state index contributed by atoms with van der Waals surface area (Å²) in [5, 5.41) is 57.4. The van der Waals surface area contributed by atoms with E-state index in [1.807, 2.05) is 0 Å². The average molecular weight is 1580 g/mol. The molecule has 45 heteroatoms. The zero-order chi connectivity index (χ0) is 83.1. The molecule has 0 saturated carbocycles. The molecule has 0 unspecified atom stereocenters. The van der Waals surface area contributed by atoms with Gasteiger partial charge < -0.3 is 135 Å². The van der Waals surface area contributed by atoms with Crippen molar-refractivity contribution in [2.45, 2.75) is 228 Å². The minimum absolute atomic E-state index is 0.00405. The summed E-state index contributed by atoms with van der Waals surface area (Å²) in [5.74, 6) is -17.3. The third-order valence-corrected chi connectivity index (χ3v) is 18.4. The van der Waals surface area contributed by atoms with Crippen molar-refractivity contribution < 1.29 is 92.0 Å². The highest BCUT2D eigenvalue weighted by molar-refractivity contribution is 7.98. The number of carbonyl (C=O) groups excluding carboxylic acids is 14. The summed E-state index contributed by atoms with van der Waals surface area (Å²) in [6.07, 6.45) is -0.806. The van der Waals surface area contributed by atoms with E-state index in [-0.39, 0.29) is 141 Å². The monoisotopic (exact) mass is 1580 g/mol. The van der Waals surface area contributed by atoms with E-state index in [1.54, 1.807) is 20.1 Å². The molecular weight excluding hydrogens is 1470 g/mol. The second-order valence-electron chi connectivity index (χ2n) is 26.7. The SMILES string of the molecule is CC[C@H](C)[C@H](NC(=O)[C@H](CCCN=C(N)N)NC(=O)[C@H](CCCCN)NC(=O)[C@@H](NC(=O)[C@H](CCCN=C(N)N)NC(=O)CNC(=O)[C@H](CC(N)=O)NC(=O)[C@@H](N)CCSC)[C@@H](C)O)C(=O)N[C@@H](CCCN=C(N)N)C(=O)N[C@@H](CC(=O)O)C(=O)N1CCC[C@H]1C(=O)N1CCC[C@H]1C(=O)N[C@@H](C)C(=O)N[C@@H](C)C(=O)O. The number of hydrogen-bond donors (Lipinski definition) is 23. The number of nitrogens with two attached hydrogens (primary N) is 9. The molecule has 2 saturated heterocycles. The number of likely N-dealkylation sites (tertiary alicyclic amines) is 2. The van der Waals surface area contributed by atoms with Gasteiger partial charge in [-0.15, -0.1) is 0 Å². The van der Waals surface area contributed by atoms with Crippen LogP contribution >= 0.6 is 11.8 Å². The van der Waals surface area contributed by atoms with Gasteiger partial charge in [-0.1, -0.05) is 20.3 Å². The zero-order valence-corrected chi connectivity index (χ0v) is 63.9. The van der Waals surface area contributed by atoms with Crippen molar-refractivity contribution in [2.75, 3.05) is 57.8 Å². The molecule has 2 aliphatic rings. The molecule has 2 heterocycles. The van der Waals surface area contributed by atoms with E-state index >= 15 is 0 Å². The Hall–Kier alpha value is -10.4. The van der Waals surface area contributed by atoms with Gasteiger partial charge in [-0.2, -0.15) is 11.8 Å². The van der Waals surface area contributed by atoms with E-state index in [1.165, 1.54) is 30.5 Å². The van der Waals surface area contributed by atoms with E-state index < -0.39 is 205 Å². The Balaban J connectivity index is 2.54. The maximum absolute atomic E-state index is 14.8. The molecule has 0 radical (unpaired) electrons. The van der Waals surface area contributed by atoms with Gasteiger partial charge in [-0.25, -0.2) is 0 Å². The van der Waals surface area contributed by atoms with Crippen LogP contribution in [-0.2, 0) is 76.7 Å². The molecule has 44 nitrogen and oxygen atoms in total. The Kier molecular flexibility index (Phi) is 43.1. The summed E-state index contributed by atoms with van der Waals surface area (Å²) in [4.78, 5) is 232. The lowest BCUT2D eigenvalue weighted by atomic mass is 9.96. The van der Waals surface area contributed by atoms with Crippen LogP contribution in [0.3, 0.4) is 0 Å². The second-order valence-corrected chi connectivity index (χ2v) is 27.7. The second kappa shape index (κ2) is 49.6. The van der Waals surface area contributed by atoms with Crippen molar-refractivity contribution in [3.05, 3.63) is 0 Å². The number of hydrogen-bond acceptors (Lipinski definition) is 23. The van der Waals surface area contributed by atoms with Crippen molar-refractivity contribution in [3.63, 3.8) is 0 Å². The average Bonchev–Trinajstić information content (AvgIpc) is 1.67. The van der Waals surface area contributed by atoms with Crippen LogP contribution in [0, 0.1) is 5.92 Å². The summed E-state index contributed by atoms with van der Waals surface area (Å²) >= 11 is 1.41. The lowest BCUT2D eigenvalue weighted by Crippen LogP contribution is -2.62. The molecule has 620 valence electrons. The Labute approximate surface area is 640 Å². The third kappa shape index (κ3) is 34.4. The number of aliphatic carboxylic acids is 2. The third-order valence-electron chi connectivity index (χ3n) is 17.8. The van der Waals surface area contributed by atoms with Crippen LogP contribution in [-0.4, -0.2) is 280 Å². The molecule has 0 aromatic heterocycles. The van der Waals surface area contributed by atoms with Crippen LogP contribution in [0.1, 0.15) is 144 Å². The van der Waals surface area contributed by atoms with Gasteiger partial charge in [0.2, 0.25) is 82.7 Å². The molecule has 110 heavy (non-hydrogen) atoms. The van der Waals surface area contributed by atoms with Gasteiger partial charge in [0.05, 0.1) is 31.5 Å². The maximum Gasteiger partial charge on any atom is 0.325 e. The van der Waals surface area contributed by atoms with Crippen LogP contribution in [0.4, 0.5) is 0 Å². The first-order valence-electron chi connectivity index (χ1n) is 36.2. The highest BCUT2D eigenvalue weighted by Crippen LogP contribution is 2.27. The van der Waals surface area contributed by atoms with Gasteiger partial charge in [-0.3, -0.25) is 91.7 Å². The molecule has 14 amide bonds. The number of amides is 14. The number of primary amides is 1. The standard InChI is InChI=1S/C65H115N25O19S/c1-7-32(2)48(58(104)83-39(17-11-24-76-64(71)72)54(100)86-42(30-47(94)95)60(106)90-27-14-20-44(90)61(107)89-26-13-19-43(89)57(103)79-33(3)50(96)80-34(4)62(108)109)87-56(102)40(18-12-25-77-65(73)74)82-53(99)38(15-8-9-22-66)84-59(105)49(35(5)91)88-55(101)37(16-10-23-75-63(69)70)81-46(93)31-78-52(98)41(29-45(68)92)85-51(97)36(67)21-28-110-6/h32-44,48-49,91H,7-31,66-67H2,1-6H3,(H2,68,92)(H,78,98)(H,79,103)(H,80,96)(H,81,93)(H,82,99)(H,83,104)(H,84,105)(H,85,97)(H,86,100)(H,87,102)(H,88,101)(H,94,95)(H,108,109)(H4,69,70,75)(H4,71,72,76)(H4,73,74,77)/t32-,33-,34-,35+,36-,37-,38-,39-,40-,41-,42-,43-,44-,48-,49-/m0/s1. The van der Waals surface area contributed by atoms with Crippen LogP contribution < -0.4 is 110 Å². The van der Waals surface area contributed by atoms with Gasteiger partial charge in [0.1, 0.15) is 72.5 Å². The molecule has 15 atom stereocenters. The first-order valence-corrected chi connectivity index (χ1v) is 37.6. The predicted octanol–water partition coefficient (Wildman–Crippen LogP) is -9.80. The molecule has 0 spiro atoms. The highest BCUT2D eigenvalue weighted by Gasteiger charge is 2.45. The number of unbranched alkanes of at least 4 members (excludes halogenated alkanes) is 1. The lowest BCUT2D eigenvalue weighted by molar-refractivity contribution is -0.150. The lowest BCUT2D eigenvalue weighted by Gasteiger charge is -2.33. The van der Waals surface area contributed by atoms with Crippen LogP contribution in [0.25, 0.3) is 0 Å². The molecule has 32 N–H and O–H groups in total. The van der Waals surface area contributed by atoms with Crippen molar-refractivity contribution in [1.29, 1.82) is 0 Å². The molecule has 0 aliphatic carbocycles. The first-order chi connectivity index (χ1) is 51.8. The molecule has 2 aliphatic heterocycles. The first kappa shape index (κ1) is 95.6. The number of carboxylic acids is 2. The van der Waals surface area contributed by atoms with Gasteiger partial charge in [0, 0.05) is 32.7 Å². The Bertz CT molecular complexity index is 3270. The number of guanidine groups is 3. The Morgan fingerprint density at radius 1 is 0.491 bits per heavy atom. The maximum atomic E-state index is 14.8. The van der Waals surface area contributed by atoms with Crippen LogP contribution in [0.5, 0.6) is 0 Å². The molecule has 0 bridgehead atoms. The Morgan fingerprint density at radius 3 is 1.42 bits per heavy atom. The number of carbonyl (C=O) groups is 16. The van der Waals surface area contributed by atoms with E-state index in [0.29, 0.717) is 18.6 Å². The van der Waals surface area contributed by atoms with E-state index in [0.717, 1.165) is 11.8 Å². The fraction of sp³-hybridized carbons (Fsp3) is 0.708. The fourth-order valence-electron chi connectivity index (χ4n) is 11.5. The summed E-state index contributed by atoms with van der Waals surface area (Å²) < 4.78 is 0.